The van der Waals surface area contributed by atoms with Crippen molar-refractivity contribution in [1.82, 2.24) is 0 Å². The van der Waals surface area contributed by atoms with E-state index in [9.17, 15) is 26.4 Å². The molecule has 0 fully saturated rings. The van der Waals surface area contributed by atoms with Crippen LogP contribution in [0.25, 0.3) is 0 Å². The molecular weight excluding hydrogens is 285 g/mol. The lowest BCUT2D eigenvalue weighted by Crippen LogP contribution is -2.28. The van der Waals surface area contributed by atoms with E-state index >= 15 is 0 Å². The lowest BCUT2D eigenvalue weighted by molar-refractivity contribution is -0.118. The second kappa shape index (κ2) is 4.52. The molecule has 1 aliphatic rings. The summed E-state index contributed by atoms with van der Waals surface area (Å²) in [6.07, 6.45) is 0.877. The van der Waals surface area contributed by atoms with Gasteiger partial charge in [-0.15, -0.1) is 0 Å². The number of alkyl halides is 3. The molecule has 1 aliphatic carbocycles. The molecule has 1 aromatic carbocycles. The Bertz CT molecular complexity index is 619. The van der Waals surface area contributed by atoms with Crippen molar-refractivity contribution in [3.63, 3.8) is 0 Å². The van der Waals surface area contributed by atoms with E-state index in [0.717, 1.165) is 6.07 Å². The second-order valence-electron chi connectivity index (χ2n) is 4.13. The van der Waals surface area contributed by atoms with Crippen LogP contribution in [-0.2, 0) is 27.8 Å². The van der Waals surface area contributed by atoms with E-state index < -0.39 is 21.4 Å². The van der Waals surface area contributed by atoms with Crippen LogP contribution in [0.4, 0.5) is 13.2 Å². The molecule has 19 heavy (non-hydrogen) atoms. The number of Topliss-reactive ketones (excluding diaryl/α,β-unsaturated/α-hetero) is 1. The van der Waals surface area contributed by atoms with Gasteiger partial charge in [-0.3, -0.25) is 4.79 Å². The molecule has 8 heteroatoms. The minimum Gasteiger partial charge on any atom is -0.376 e. The smallest absolute Gasteiger partial charge is 0.376 e. The number of ketones is 1. The number of halogens is 3. The van der Waals surface area contributed by atoms with Crippen LogP contribution in [0.5, 0.6) is 5.75 Å². The molecule has 0 spiro atoms. The average molecular weight is 294 g/mol. The van der Waals surface area contributed by atoms with Gasteiger partial charge in [0.05, 0.1) is 0 Å². The van der Waals surface area contributed by atoms with Gasteiger partial charge >= 0.3 is 15.6 Å². The zero-order valence-corrected chi connectivity index (χ0v) is 10.3. The molecule has 4 nitrogen and oxygen atoms in total. The third-order valence-electron chi connectivity index (χ3n) is 2.73. The van der Waals surface area contributed by atoms with E-state index in [1.807, 2.05) is 0 Å². The minimum absolute atomic E-state index is 0.0454. The lowest BCUT2D eigenvalue weighted by Gasteiger charge is -2.16. The fourth-order valence-corrected chi connectivity index (χ4v) is 2.26. The predicted octanol–water partition coefficient (Wildman–Crippen LogP) is 1.97. The second-order valence-corrected chi connectivity index (χ2v) is 5.67. The molecule has 0 atom stereocenters. The van der Waals surface area contributed by atoms with Gasteiger partial charge in [0.1, 0.15) is 11.5 Å². The van der Waals surface area contributed by atoms with Gasteiger partial charge in [-0.1, -0.05) is 6.07 Å². The van der Waals surface area contributed by atoms with Crippen LogP contribution in [0.15, 0.2) is 18.2 Å². The summed E-state index contributed by atoms with van der Waals surface area (Å²) >= 11 is 0. The maximum absolute atomic E-state index is 12.2. The van der Waals surface area contributed by atoms with Crippen LogP contribution in [0.2, 0.25) is 0 Å². The summed E-state index contributed by atoms with van der Waals surface area (Å²) in [4.78, 5) is 11.2. The molecule has 104 valence electrons. The molecule has 0 unspecified atom stereocenters. The normalized spacial score (nSPS) is 16.1. The van der Waals surface area contributed by atoms with Crippen molar-refractivity contribution in [3.05, 3.63) is 29.3 Å². The van der Waals surface area contributed by atoms with Gasteiger partial charge < -0.3 is 4.18 Å². The lowest BCUT2D eigenvalue weighted by atomic mass is 9.91. The number of carbonyl (C=O) groups is 1. The van der Waals surface area contributed by atoms with Gasteiger partial charge in [-0.2, -0.15) is 21.6 Å². The Balaban J connectivity index is 2.27. The van der Waals surface area contributed by atoms with E-state index in [0.29, 0.717) is 24.0 Å². The summed E-state index contributed by atoms with van der Waals surface area (Å²) in [5.41, 5.74) is -4.14. The Morgan fingerprint density at radius 3 is 2.42 bits per heavy atom. The van der Waals surface area contributed by atoms with E-state index in [-0.39, 0.29) is 12.2 Å². The van der Waals surface area contributed by atoms with Crippen molar-refractivity contribution in [2.24, 2.45) is 0 Å². The molecular formula is C11H9F3O4S. The highest BCUT2D eigenvalue weighted by Crippen LogP contribution is 2.29. The van der Waals surface area contributed by atoms with Gasteiger partial charge in [0.25, 0.3) is 0 Å². The van der Waals surface area contributed by atoms with Crippen molar-refractivity contribution >= 4 is 15.9 Å². The Labute approximate surface area is 107 Å². The van der Waals surface area contributed by atoms with Crippen molar-refractivity contribution < 1.29 is 30.6 Å². The number of rotatable bonds is 2. The Morgan fingerprint density at radius 2 is 1.79 bits per heavy atom. The van der Waals surface area contributed by atoms with Gasteiger partial charge in [0, 0.05) is 12.8 Å². The highest BCUT2D eigenvalue weighted by molar-refractivity contribution is 7.87. The van der Waals surface area contributed by atoms with Crippen molar-refractivity contribution in [2.45, 2.75) is 24.8 Å². The topological polar surface area (TPSA) is 60.4 Å². The third kappa shape index (κ3) is 2.89. The molecule has 0 amide bonds. The first-order chi connectivity index (χ1) is 8.69. The monoisotopic (exact) mass is 294 g/mol. The Morgan fingerprint density at radius 1 is 1.11 bits per heavy atom. The van der Waals surface area contributed by atoms with Crippen LogP contribution in [0.3, 0.4) is 0 Å². The van der Waals surface area contributed by atoms with E-state index in [4.69, 9.17) is 0 Å². The predicted molar refractivity (Wildman–Crippen MR) is 59.1 cm³/mol. The fourth-order valence-electron chi connectivity index (χ4n) is 1.81. The van der Waals surface area contributed by atoms with Crippen LogP contribution in [-0.4, -0.2) is 19.7 Å². The maximum atomic E-state index is 12.2. The molecule has 0 N–H and O–H groups in total. The summed E-state index contributed by atoms with van der Waals surface area (Å²) in [6.45, 7) is 0. The van der Waals surface area contributed by atoms with E-state index in [1.54, 1.807) is 0 Å². The Hall–Kier alpha value is -1.57. The summed E-state index contributed by atoms with van der Waals surface area (Å²) in [5, 5.41) is 0. The molecule has 0 radical (unpaired) electrons. The standard InChI is InChI=1S/C11H9F3O4S/c12-11(13,14)19(16,17)18-10-4-2-7-5-9(15)3-1-8(7)6-10/h2,4,6H,1,3,5H2. The average Bonchev–Trinajstić information content (AvgIpc) is 2.27. The fraction of sp³-hybridized carbons (Fsp3) is 0.364. The molecule has 0 aliphatic heterocycles. The van der Waals surface area contributed by atoms with Crippen LogP contribution >= 0.6 is 0 Å². The van der Waals surface area contributed by atoms with Crippen molar-refractivity contribution in [3.8, 4) is 5.75 Å². The number of hydrogen-bond donors (Lipinski definition) is 0. The molecule has 0 aromatic heterocycles. The number of carbonyl (C=O) groups excluding carboxylic acids is 1. The summed E-state index contributed by atoms with van der Waals surface area (Å²) in [5.74, 6) is -0.352. The highest BCUT2D eigenvalue weighted by atomic mass is 32.2. The Kier molecular flexibility index (Phi) is 3.29. The van der Waals surface area contributed by atoms with E-state index in [2.05, 4.69) is 4.18 Å². The summed E-state index contributed by atoms with van der Waals surface area (Å²) < 4.78 is 62.2. The number of benzene rings is 1. The first-order valence-electron chi connectivity index (χ1n) is 5.33. The molecule has 0 saturated heterocycles. The molecule has 1 aromatic rings. The molecule has 0 heterocycles. The third-order valence-corrected chi connectivity index (χ3v) is 3.71. The number of aryl methyl sites for hydroxylation is 1. The SMILES string of the molecule is O=C1CCc2cc(OS(=O)(=O)C(F)(F)F)ccc2C1. The quantitative estimate of drug-likeness (QED) is 0.618. The summed E-state index contributed by atoms with van der Waals surface area (Å²) in [7, 11) is -5.66. The number of fused-ring (bicyclic) bond motifs is 1. The van der Waals surface area contributed by atoms with Crippen molar-refractivity contribution in [2.75, 3.05) is 0 Å². The molecule has 0 bridgehead atoms. The number of hydrogen-bond acceptors (Lipinski definition) is 4. The molecule has 0 saturated carbocycles. The van der Waals surface area contributed by atoms with Crippen molar-refractivity contribution in [1.29, 1.82) is 0 Å². The van der Waals surface area contributed by atoms with E-state index in [1.165, 1.54) is 12.1 Å². The summed E-state index contributed by atoms with van der Waals surface area (Å²) in [6, 6.07) is 3.75. The van der Waals surface area contributed by atoms with Crippen LogP contribution < -0.4 is 4.18 Å². The van der Waals surface area contributed by atoms with Gasteiger partial charge in [0.2, 0.25) is 0 Å². The zero-order chi connectivity index (χ0) is 14.3. The largest absolute Gasteiger partial charge is 0.534 e. The van der Waals surface area contributed by atoms with Crippen LogP contribution in [0, 0.1) is 0 Å². The van der Waals surface area contributed by atoms with Gasteiger partial charge in [-0.25, -0.2) is 0 Å². The highest BCUT2D eigenvalue weighted by Gasteiger charge is 2.48. The zero-order valence-electron chi connectivity index (χ0n) is 9.53. The first-order valence-corrected chi connectivity index (χ1v) is 6.74. The van der Waals surface area contributed by atoms with Crippen LogP contribution in [0.1, 0.15) is 17.5 Å². The maximum Gasteiger partial charge on any atom is 0.534 e. The van der Waals surface area contributed by atoms with Gasteiger partial charge in [0.15, 0.2) is 0 Å². The first kappa shape index (κ1) is 13.9. The minimum atomic E-state index is -5.66. The van der Waals surface area contributed by atoms with Gasteiger partial charge in [-0.05, 0) is 29.7 Å². The molecule has 2 rings (SSSR count).